The number of carbonyl (C=O) groups excluding carboxylic acids is 2. The monoisotopic (exact) mass is 734 g/mol. The number of nitrogens with two attached hydrogens (primary N) is 2. The molecule has 282 valence electrons. The van der Waals surface area contributed by atoms with E-state index in [0.29, 0.717) is 40.9 Å². The van der Waals surface area contributed by atoms with E-state index >= 15 is 0 Å². The first-order valence-electron chi connectivity index (χ1n) is 17.5. The van der Waals surface area contributed by atoms with Gasteiger partial charge >= 0.3 is 0 Å². The number of phenols is 2. The molecular weight excluding hydrogens is 688 g/mol. The molecule has 0 aliphatic heterocycles. The van der Waals surface area contributed by atoms with Gasteiger partial charge in [0.1, 0.15) is 23.0 Å². The van der Waals surface area contributed by atoms with E-state index < -0.39 is 11.8 Å². The Kier molecular flexibility index (Phi) is 13.5. The Hall–Kier alpha value is -6.70. The fourth-order valence-corrected chi connectivity index (χ4v) is 5.53. The molecule has 0 aliphatic rings. The van der Waals surface area contributed by atoms with Crippen LogP contribution in [0.3, 0.4) is 0 Å². The number of aromatic hydroxyl groups is 2. The number of ether oxygens (including phenoxy) is 2. The summed E-state index contributed by atoms with van der Waals surface area (Å²) in [5.41, 5.74) is 15.4. The van der Waals surface area contributed by atoms with Crippen LogP contribution in [0.2, 0.25) is 0 Å². The van der Waals surface area contributed by atoms with Gasteiger partial charge in [-0.15, -0.1) is 20.4 Å². The van der Waals surface area contributed by atoms with Gasteiger partial charge in [-0.3, -0.25) is 18.7 Å². The molecule has 0 spiro atoms. The minimum Gasteiger partial charge on any atom is -0.508 e. The van der Waals surface area contributed by atoms with Gasteiger partial charge in [0.15, 0.2) is 11.6 Å². The molecular formula is C40H46N8O6. The van der Waals surface area contributed by atoms with Crippen molar-refractivity contribution in [2.45, 2.75) is 53.4 Å². The number of amides is 2. The summed E-state index contributed by atoms with van der Waals surface area (Å²) in [6.07, 6.45) is 1.55. The van der Waals surface area contributed by atoms with Gasteiger partial charge in [-0.25, -0.2) is 0 Å². The highest BCUT2D eigenvalue weighted by Gasteiger charge is 2.22. The van der Waals surface area contributed by atoms with Crippen LogP contribution in [-0.2, 0) is 6.42 Å². The minimum absolute atomic E-state index is 0.0336. The standard InChI is InChI=1S/C20H22N4O3.C18H18N4O3.C2H6/c1-4-12(2)16-11-13(5-10-17(16)25)19-22-23-20(18(21)26)24(19)14-6-8-15(27-3)9-7-14;1-3-11-10-12(4-9-15(11)23)17-20-21-18(16(19)24)22(17)13-5-7-14(25-2)8-6-13;1-2/h5-12,25H,4H2,1-3H3,(H2,21,26);4-10,23H,3H2,1-2H3,(H2,19,24);1-2H3. The van der Waals surface area contributed by atoms with Crippen molar-refractivity contribution >= 4 is 11.8 Å². The van der Waals surface area contributed by atoms with Crippen molar-refractivity contribution in [1.29, 1.82) is 0 Å². The quantitative estimate of drug-likeness (QED) is 0.112. The molecule has 54 heavy (non-hydrogen) atoms. The minimum atomic E-state index is -0.677. The van der Waals surface area contributed by atoms with Crippen molar-refractivity contribution in [1.82, 2.24) is 29.5 Å². The van der Waals surface area contributed by atoms with Crippen LogP contribution in [0.1, 0.15) is 79.3 Å². The van der Waals surface area contributed by atoms with E-state index in [0.717, 1.165) is 28.7 Å². The Morgan fingerprint density at radius 2 is 1.09 bits per heavy atom. The highest BCUT2D eigenvalue weighted by Crippen LogP contribution is 2.33. The maximum atomic E-state index is 11.9. The highest BCUT2D eigenvalue weighted by molar-refractivity contribution is 5.91. The van der Waals surface area contributed by atoms with Crippen molar-refractivity contribution in [3.63, 3.8) is 0 Å². The Morgan fingerprint density at radius 1 is 0.667 bits per heavy atom. The van der Waals surface area contributed by atoms with E-state index in [1.807, 2.05) is 39.8 Å². The molecule has 14 heteroatoms. The maximum absolute atomic E-state index is 11.9. The van der Waals surface area contributed by atoms with Crippen molar-refractivity contribution in [2.24, 2.45) is 11.5 Å². The Labute approximate surface area is 314 Å². The second kappa shape index (κ2) is 18.2. The molecule has 0 fully saturated rings. The number of methoxy groups -OCH3 is 2. The normalized spacial score (nSPS) is 11.0. The summed E-state index contributed by atoms with van der Waals surface area (Å²) in [6.45, 7) is 10.0. The first-order valence-corrected chi connectivity index (χ1v) is 17.5. The van der Waals surface area contributed by atoms with Gasteiger partial charge in [-0.05, 0) is 115 Å². The second-order valence-corrected chi connectivity index (χ2v) is 11.8. The van der Waals surface area contributed by atoms with Crippen LogP contribution < -0.4 is 20.9 Å². The summed E-state index contributed by atoms with van der Waals surface area (Å²) < 4.78 is 13.5. The molecule has 2 aromatic heterocycles. The van der Waals surface area contributed by atoms with Crippen LogP contribution in [0.5, 0.6) is 23.0 Å². The summed E-state index contributed by atoms with van der Waals surface area (Å²) in [4.78, 5) is 23.6. The number of nitrogens with zero attached hydrogens (tertiary/aromatic N) is 6. The number of aromatic nitrogens is 6. The lowest BCUT2D eigenvalue weighted by Crippen LogP contribution is -2.17. The zero-order chi connectivity index (χ0) is 39.5. The molecule has 1 unspecified atom stereocenters. The topological polar surface area (TPSA) is 207 Å². The molecule has 2 heterocycles. The number of phenolic OH excluding ortho intramolecular Hbond substituents is 2. The fourth-order valence-electron chi connectivity index (χ4n) is 5.53. The van der Waals surface area contributed by atoms with E-state index in [-0.39, 0.29) is 29.1 Å². The van der Waals surface area contributed by atoms with Crippen LogP contribution in [0, 0.1) is 0 Å². The van der Waals surface area contributed by atoms with Gasteiger partial charge in [-0.1, -0.05) is 34.6 Å². The molecule has 6 aromatic rings. The first-order chi connectivity index (χ1) is 26.0. The SMILES string of the molecule is CC.CCC(C)c1cc(-c2nnc(C(N)=O)n2-c2ccc(OC)cc2)ccc1O.CCc1cc(-c2nnc(C(N)=O)n2-c2ccc(OC)cc2)ccc1O. The highest BCUT2D eigenvalue weighted by atomic mass is 16.5. The number of primary amides is 2. The summed E-state index contributed by atoms with van der Waals surface area (Å²) in [6, 6.07) is 24.7. The third kappa shape index (κ3) is 8.66. The Balaban J connectivity index is 0.000000231. The molecule has 0 saturated carbocycles. The lowest BCUT2D eigenvalue weighted by molar-refractivity contribution is 0.0980. The van der Waals surface area contributed by atoms with Gasteiger partial charge in [0.2, 0.25) is 11.6 Å². The summed E-state index contributed by atoms with van der Waals surface area (Å²) >= 11 is 0. The smallest absolute Gasteiger partial charge is 0.287 e. The summed E-state index contributed by atoms with van der Waals surface area (Å²) in [7, 11) is 3.16. The first kappa shape index (κ1) is 40.1. The Morgan fingerprint density at radius 3 is 1.48 bits per heavy atom. The Bertz CT molecular complexity index is 2190. The third-order valence-electron chi connectivity index (χ3n) is 8.58. The average Bonchev–Trinajstić information content (AvgIpc) is 3.86. The predicted octanol–water partition coefficient (Wildman–Crippen LogP) is 6.60. The molecule has 0 aliphatic carbocycles. The number of hydrogen-bond donors (Lipinski definition) is 4. The van der Waals surface area contributed by atoms with Gasteiger partial charge in [-0.2, -0.15) is 0 Å². The van der Waals surface area contributed by atoms with Crippen LogP contribution in [0.15, 0.2) is 84.9 Å². The maximum Gasteiger partial charge on any atom is 0.287 e. The molecule has 6 N–H and O–H groups in total. The molecule has 4 aromatic carbocycles. The van der Waals surface area contributed by atoms with Gasteiger partial charge in [0.05, 0.1) is 14.2 Å². The van der Waals surface area contributed by atoms with Crippen molar-refractivity contribution in [3.05, 3.63) is 108 Å². The molecule has 0 bridgehead atoms. The van der Waals surface area contributed by atoms with Crippen LogP contribution in [0.25, 0.3) is 34.2 Å². The average molecular weight is 735 g/mol. The number of rotatable bonds is 11. The van der Waals surface area contributed by atoms with Crippen LogP contribution in [-0.4, -0.2) is 65.8 Å². The second-order valence-electron chi connectivity index (χ2n) is 11.8. The zero-order valence-electron chi connectivity index (χ0n) is 31.4. The van der Waals surface area contributed by atoms with Crippen molar-refractivity contribution in [3.8, 4) is 57.1 Å². The van der Waals surface area contributed by atoms with Crippen LogP contribution in [0.4, 0.5) is 0 Å². The van der Waals surface area contributed by atoms with Gasteiger partial charge < -0.3 is 31.2 Å². The predicted molar refractivity (Wildman–Crippen MR) is 206 cm³/mol. The van der Waals surface area contributed by atoms with Crippen LogP contribution >= 0.6 is 0 Å². The van der Waals surface area contributed by atoms with E-state index in [1.54, 1.807) is 96.2 Å². The number of carbonyl (C=O) groups is 2. The summed E-state index contributed by atoms with van der Waals surface area (Å²) in [5.74, 6) is 1.67. The van der Waals surface area contributed by atoms with Crippen molar-refractivity contribution in [2.75, 3.05) is 14.2 Å². The molecule has 2 amide bonds. The molecule has 0 saturated heterocycles. The summed E-state index contributed by atoms with van der Waals surface area (Å²) in [5, 5.41) is 36.3. The fraction of sp³-hybridized carbons (Fsp3) is 0.250. The van der Waals surface area contributed by atoms with E-state index in [4.69, 9.17) is 20.9 Å². The van der Waals surface area contributed by atoms with E-state index in [1.165, 1.54) is 0 Å². The number of hydrogen-bond acceptors (Lipinski definition) is 10. The molecule has 14 nitrogen and oxygen atoms in total. The largest absolute Gasteiger partial charge is 0.508 e. The lowest BCUT2D eigenvalue weighted by atomic mass is 9.95. The molecule has 0 radical (unpaired) electrons. The van der Waals surface area contributed by atoms with Gasteiger partial charge in [0.25, 0.3) is 11.8 Å². The number of aryl methyl sites for hydroxylation is 1. The lowest BCUT2D eigenvalue weighted by Gasteiger charge is -2.14. The third-order valence-corrected chi connectivity index (χ3v) is 8.58. The number of benzene rings is 4. The zero-order valence-corrected chi connectivity index (χ0v) is 31.4. The molecule has 6 rings (SSSR count). The van der Waals surface area contributed by atoms with E-state index in [2.05, 4.69) is 27.3 Å². The van der Waals surface area contributed by atoms with E-state index in [9.17, 15) is 19.8 Å². The molecule has 1 atom stereocenters. The van der Waals surface area contributed by atoms with Gasteiger partial charge in [0, 0.05) is 22.5 Å². The van der Waals surface area contributed by atoms with Crippen molar-refractivity contribution < 1.29 is 29.3 Å².